The second kappa shape index (κ2) is 4.64. The Hall–Kier alpha value is -1.53. The molecule has 1 rings (SSSR count). The standard InChI is InChI=1S/C11H15N3/c1-4-7-14(3)11-6-5-10(8-12)9(2)13-11/h1,5-6H,7-8,12H2,2-3H3. The van der Waals surface area contributed by atoms with E-state index in [0.717, 1.165) is 17.1 Å². The lowest BCUT2D eigenvalue weighted by molar-refractivity contribution is 0.957. The Labute approximate surface area is 84.9 Å². The molecule has 0 radical (unpaired) electrons. The molecule has 1 heterocycles. The third-order valence-corrected chi connectivity index (χ3v) is 2.12. The van der Waals surface area contributed by atoms with Crippen LogP contribution in [0.3, 0.4) is 0 Å². The first-order chi connectivity index (χ1) is 6.69. The molecule has 0 aliphatic heterocycles. The third-order valence-electron chi connectivity index (χ3n) is 2.12. The van der Waals surface area contributed by atoms with Gasteiger partial charge in [0.15, 0.2) is 0 Å². The molecule has 0 bridgehead atoms. The fourth-order valence-corrected chi connectivity index (χ4v) is 1.22. The van der Waals surface area contributed by atoms with Crippen molar-refractivity contribution >= 4 is 5.82 Å². The molecule has 1 aromatic rings. The first kappa shape index (κ1) is 10.6. The molecule has 0 amide bonds. The molecule has 2 N–H and O–H groups in total. The van der Waals surface area contributed by atoms with Crippen LogP contribution in [0.25, 0.3) is 0 Å². The van der Waals surface area contributed by atoms with Gasteiger partial charge in [0.1, 0.15) is 5.82 Å². The van der Waals surface area contributed by atoms with Crippen LogP contribution in [-0.2, 0) is 6.54 Å². The summed E-state index contributed by atoms with van der Waals surface area (Å²) in [6.07, 6.45) is 5.22. The maximum Gasteiger partial charge on any atom is 0.129 e. The molecule has 1 aromatic heterocycles. The van der Waals surface area contributed by atoms with Gasteiger partial charge in [-0.1, -0.05) is 12.0 Å². The lowest BCUT2D eigenvalue weighted by atomic mass is 10.2. The Morgan fingerprint density at radius 3 is 2.79 bits per heavy atom. The molecule has 0 unspecified atom stereocenters. The smallest absolute Gasteiger partial charge is 0.129 e. The SMILES string of the molecule is C#CCN(C)c1ccc(CN)c(C)n1. The van der Waals surface area contributed by atoms with Gasteiger partial charge in [-0.2, -0.15) is 0 Å². The molecule has 74 valence electrons. The summed E-state index contributed by atoms with van der Waals surface area (Å²) >= 11 is 0. The normalized spacial score (nSPS) is 9.57. The minimum atomic E-state index is 0.526. The zero-order valence-electron chi connectivity index (χ0n) is 8.62. The number of nitrogens with zero attached hydrogens (tertiary/aromatic N) is 2. The van der Waals surface area contributed by atoms with Crippen molar-refractivity contribution in [3.8, 4) is 12.3 Å². The molecule has 0 atom stereocenters. The lowest BCUT2D eigenvalue weighted by Crippen LogP contribution is -2.19. The number of hydrogen-bond donors (Lipinski definition) is 1. The largest absolute Gasteiger partial charge is 0.349 e. The number of rotatable bonds is 3. The Morgan fingerprint density at radius 1 is 1.57 bits per heavy atom. The predicted molar refractivity (Wildman–Crippen MR) is 59.0 cm³/mol. The van der Waals surface area contributed by atoms with Gasteiger partial charge < -0.3 is 10.6 Å². The fraction of sp³-hybridized carbons (Fsp3) is 0.364. The topological polar surface area (TPSA) is 42.1 Å². The summed E-state index contributed by atoms with van der Waals surface area (Å²) in [5, 5.41) is 0. The van der Waals surface area contributed by atoms with E-state index in [2.05, 4.69) is 10.9 Å². The molecule has 0 aliphatic rings. The predicted octanol–water partition coefficient (Wildman–Crippen LogP) is 0.918. The Morgan fingerprint density at radius 2 is 2.29 bits per heavy atom. The number of hydrogen-bond acceptors (Lipinski definition) is 3. The average molecular weight is 189 g/mol. The van der Waals surface area contributed by atoms with Crippen LogP contribution in [0, 0.1) is 19.3 Å². The molecule has 0 saturated heterocycles. The molecule has 0 aliphatic carbocycles. The molecule has 3 nitrogen and oxygen atoms in total. The number of nitrogens with two attached hydrogens (primary N) is 1. The second-order valence-electron chi connectivity index (χ2n) is 3.18. The zero-order chi connectivity index (χ0) is 10.6. The Kier molecular flexibility index (Phi) is 3.49. The van der Waals surface area contributed by atoms with E-state index >= 15 is 0 Å². The van der Waals surface area contributed by atoms with E-state index in [9.17, 15) is 0 Å². The van der Waals surface area contributed by atoms with E-state index in [-0.39, 0.29) is 0 Å². The van der Waals surface area contributed by atoms with Crippen molar-refractivity contribution < 1.29 is 0 Å². The number of anilines is 1. The summed E-state index contributed by atoms with van der Waals surface area (Å²) in [6.45, 7) is 3.04. The first-order valence-electron chi connectivity index (χ1n) is 4.50. The van der Waals surface area contributed by atoms with Gasteiger partial charge in [-0.3, -0.25) is 0 Å². The van der Waals surface area contributed by atoms with E-state index in [4.69, 9.17) is 12.2 Å². The van der Waals surface area contributed by atoms with E-state index in [1.54, 1.807) is 0 Å². The van der Waals surface area contributed by atoms with Gasteiger partial charge in [0.2, 0.25) is 0 Å². The summed E-state index contributed by atoms with van der Waals surface area (Å²) in [6, 6.07) is 3.93. The Bertz CT molecular complexity index is 352. The molecule has 0 fully saturated rings. The summed E-state index contributed by atoms with van der Waals surface area (Å²) in [4.78, 5) is 6.34. The Balaban J connectivity index is 2.92. The lowest BCUT2D eigenvalue weighted by Gasteiger charge is -2.16. The van der Waals surface area contributed by atoms with Crippen LogP contribution in [0.15, 0.2) is 12.1 Å². The maximum absolute atomic E-state index is 5.55. The van der Waals surface area contributed by atoms with Gasteiger partial charge in [-0.05, 0) is 18.6 Å². The number of terminal acetylenes is 1. The molecule has 0 spiro atoms. The van der Waals surface area contributed by atoms with Crippen molar-refractivity contribution in [3.05, 3.63) is 23.4 Å². The van der Waals surface area contributed by atoms with Crippen LogP contribution >= 0.6 is 0 Å². The maximum atomic E-state index is 5.55. The summed E-state index contributed by atoms with van der Waals surface area (Å²) in [5.41, 5.74) is 7.59. The van der Waals surface area contributed by atoms with Crippen LogP contribution in [0.5, 0.6) is 0 Å². The highest BCUT2D eigenvalue weighted by molar-refractivity contribution is 5.41. The van der Waals surface area contributed by atoms with Crippen molar-refractivity contribution in [3.63, 3.8) is 0 Å². The van der Waals surface area contributed by atoms with E-state index < -0.39 is 0 Å². The summed E-state index contributed by atoms with van der Waals surface area (Å²) in [7, 11) is 1.92. The van der Waals surface area contributed by atoms with Crippen molar-refractivity contribution in [2.75, 3.05) is 18.5 Å². The molecule has 0 aromatic carbocycles. The van der Waals surface area contributed by atoms with Crippen LogP contribution < -0.4 is 10.6 Å². The van der Waals surface area contributed by atoms with Gasteiger partial charge in [0.25, 0.3) is 0 Å². The highest BCUT2D eigenvalue weighted by Crippen LogP contribution is 2.12. The van der Waals surface area contributed by atoms with Gasteiger partial charge in [-0.25, -0.2) is 4.98 Å². The second-order valence-corrected chi connectivity index (χ2v) is 3.18. The van der Waals surface area contributed by atoms with Crippen LogP contribution in [0.4, 0.5) is 5.82 Å². The van der Waals surface area contributed by atoms with Crippen molar-refractivity contribution in [2.24, 2.45) is 5.73 Å². The number of aryl methyl sites for hydroxylation is 1. The quantitative estimate of drug-likeness (QED) is 0.719. The third kappa shape index (κ3) is 2.24. The van der Waals surface area contributed by atoms with Crippen LogP contribution in [0.2, 0.25) is 0 Å². The fourth-order valence-electron chi connectivity index (χ4n) is 1.22. The molecular weight excluding hydrogens is 174 g/mol. The van der Waals surface area contributed by atoms with E-state index in [0.29, 0.717) is 13.1 Å². The van der Waals surface area contributed by atoms with Crippen molar-refractivity contribution in [2.45, 2.75) is 13.5 Å². The zero-order valence-corrected chi connectivity index (χ0v) is 8.62. The number of aromatic nitrogens is 1. The van der Waals surface area contributed by atoms with Crippen LogP contribution in [-0.4, -0.2) is 18.6 Å². The molecular formula is C11H15N3. The van der Waals surface area contributed by atoms with Crippen LogP contribution in [0.1, 0.15) is 11.3 Å². The van der Waals surface area contributed by atoms with Gasteiger partial charge in [-0.15, -0.1) is 6.42 Å². The molecule has 0 saturated carbocycles. The number of pyridine rings is 1. The van der Waals surface area contributed by atoms with Gasteiger partial charge >= 0.3 is 0 Å². The summed E-state index contributed by atoms with van der Waals surface area (Å²) < 4.78 is 0. The minimum absolute atomic E-state index is 0.526. The van der Waals surface area contributed by atoms with E-state index in [1.807, 2.05) is 31.0 Å². The van der Waals surface area contributed by atoms with Crippen molar-refractivity contribution in [1.82, 2.24) is 4.98 Å². The van der Waals surface area contributed by atoms with Gasteiger partial charge in [0, 0.05) is 19.3 Å². The van der Waals surface area contributed by atoms with Crippen molar-refractivity contribution in [1.29, 1.82) is 0 Å². The molecule has 14 heavy (non-hydrogen) atoms. The highest BCUT2D eigenvalue weighted by Gasteiger charge is 2.03. The molecule has 3 heteroatoms. The van der Waals surface area contributed by atoms with Gasteiger partial charge in [0.05, 0.1) is 6.54 Å². The average Bonchev–Trinajstić information content (AvgIpc) is 2.18. The minimum Gasteiger partial charge on any atom is -0.349 e. The first-order valence-corrected chi connectivity index (χ1v) is 4.50. The highest BCUT2D eigenvalue weighted by atomic mass is 15.2. The monoisotopic (exact) mass is 189 g/mol. The van der Waals surface area contributed by atoms with E-state index in [1.165, 1.54) is 0 Å². The summed E-state index contributed by atoms with van der Waals surface area (Å²) in [5.74, 6) is 3.46.